The zero-order valence-electron chi connectivity index (χ0n) is 10.8. The highest BCUT2D eigenvalue weighted by Gasteiger charge is 2.45. The Labute approximate surface area is 108 Å². The molecule has 1 saturated heterocycles. The number of carbonyl (C=O) groups is 1. The van der Waals surface area contributed by atoms with E-state index in [1.54, 1.807) is 0 Å². The van der Waals surface area contributed by atoms with Crippen LogP contribution in [0.25, 0.3) is 0 Å². The molecular weight excluding hydrogens is 224 g/mol. The first kappa shape index (κ1) is 11.7. The molecule has 2 atom stereocenters. The second-order valence-electron chi connectivity index (χ2n) is 5.44. The lowest BCUT2D eigenvalue weighted by Crippen LogP contribution is -2.34. The van der Waals surface area contributed by atoms with Gasteiger partial charge in [-0.05, 0) is 30.4 Å². The molecule has 2 unspecified atom stereocenters. The molecule has 1 saturated carbocycles. The van der Waals surface area contributed by atoms with E-state index in [1.807, 2.05) is 4.90 Å². The topological polar surface area (TPSA) is 46.3 Å². The summed E-state index contributed by atoms with van der Waals surface area (Å²) in [5.74, 6) is 0.231. The molecule has 2 fully saturated rings. The van der Waals surface area contributed by atoms with Gasteiger partial charge in [-0.15, -0.1) is 0 Å². The van der Waals surface area contributed by atoms with E-state index in [9.17, 15) is 4.79 Å². The van der Waals surface area contributed by atoms with Crippen LogP contribution in [0.5, 0.6) is 0 Å². The molecule has 3 heteroatoms. The Balaban J connectivity index is 1.89. The third kappa shape index (κ3) is 1.93. The second kappa shape index (κ2) is 4.39. The largest absolute Gasteiger partial charge is 0.331 e. The number of aryl methyl sites for hydroxylation is 1. The minimum absolute atomic E-state index is 0.0504. The first-order chi connectivity index (χ1) is 8.70. The van der Waals surface area contributed by atoms with E-state index in [0.29, 0.717) is 12.5 Å². The minimum atomic E-state index is -0.0504. The van der Waals surface area contributed by atoms with Crippen LogP contribution in [0.4, 0.5) is 0 Å². The Hall–Kier alpha value is -1.35. The van der Waals surface area contributed by atoms with E-state index < -0.39 is 0 Å². The molecule has 1 aliphatic heterocycles. The molecule has 1 amide bonds. The quantitative estimate of drug-likeness (QED) is 0.884. The van der Waals surface area contributed by atoms with Gasteiger partial charge in [0.25, 0.3) is 0 Å². The number of benzene rings is 1. The van der Waals surface area contributed by atoms with Crippen LogP contribution in [0.1, 0.15) is 43.4 Å². The molecule has 2 aliphatic rings. The number of hydrogen-bond donors (Lipinski definition) is 1. The number of likely N-dealkylation sites (tertiary alicyclic amines) is 1. The number of amides is 1. The van der Waals surface area contributed by atoms with Gasteiger partial charge in [-0.2, -0.15) is 0 Å². The SMILES string of the molecule is CCc1ccc(C2C(N)CC(=O)N2C2CC2)cc1. The number of rotatable bonds is 3. The highest BCUT2D eigenvalue weighted by atomic mass is 16.2. The highest BCUT2D eigenvalue weighted by Crippen LogP contribution is 2.41. The van der Waals surface area contributed by atoms with Gasteiger partial charge in [-0.1, -0.05) is 31.2 Å². The summed E-state index contributed by atoms with van der Waals surface area (Å²) in [5.41, 5.74) is 8.69. The average molecular weight is 244 g/mol. The zero-order chi connectivity index (χ0) is 12.7. The Morgan fingerprint density at radius 1 is 1.28 bits per heavy atom. The summed E-state index contributed by atoms with van der Waals surface area (Å²) >= 11 is 0. The standard InChI is InChI=1S/C15H20N2O/c1-2-10-3-5-11(6-4-10)15-13(16)9-14(18)17(15)12-7-8-12/h3-6,12-13,15H,2,7-9,16H2,1H3. The van der Waals surface area contributed by atoms with Crippen LogP contribution < -0.4 is 5.73 Å². The third-order valence-corrected chi connectivity index (χ3v) is 4.07. The van der Waals surface area contributed by atoms with Crippen molar-refractivity contribution in [2.24, 2.45) is 5.73 Å². The fourth-order valence-electron chi connectivity index (χ4n) is 2.92. The highest BCUT2D eigenvalue weighted by molar-refractivity contribution is 5.81. The Bertz CT molecular complexity index is 450. The van der Waals surface area contributed by atoms with Crippen molar-refractivity contribution in [2.75, 3.05) is 0 Å². The predicted molar refractivity (Wildman–Crippen MR) is 71.0 cm³/mol. The van der Waals surface area contributed by atoms with Crippen molar-refractivity contribution in [3.8, 4) is 0 Å². The third-order valence-electron chi connectivity index (χ3n) is 4.07. The molecule has 96 valence electrons. The normalized spacial score (nSPS) is 27.9. The molecule has 2 N–H and O–H groups in total. The van der Waals surface area contributed by atoms with Gasteiger partial charge in [-0.25, -0.2) is 0 Å². The Morgan fingerprint density at radius 3 is 2.50 bits per heavy atom. The van der Waals surface area contributed by atoms with Crippen LogP contribution in [0, 0.1) is 0 Å². The van der Waals surface area contributed by atoms with Gasteiger partial charge < -0.3 is 10.6 Å². The van der Waals surface area contributed by atoms with E-state index in [0.717, 1.165) is 19.3 Å². The lowest BCUT2D eigenvalue weighted by Gasteiger charge is -2.27. The maximum Gasteiger partial charge on any atom is 0.225 e. The molecule has 3 nitrogen and oxygen atoms in total. The first-order valence-electron chi connectivity index (χ1n) is 6.86. The number of hydrogen-bond acceptors (Lipinski definition) is 2. The Kier molecular flexibility index (Phi) is 2.86. The van der Waals surface area contributed by atoms with E-state index in [4.69, 9.17) is 5.73 Å². The van der Waals surface area contributed by atoms with Gasteiger partial charge >= 0.3 is 0 Å². The van der Waals surface area contributed by atoms with E-state index in [-0.39, 0.29) is 18.0 Å². The molecule has 1 aromatic rings. The predicted octanol–water partition coefficient (Wildman–Crippen LogP) is 2.01. The van der Waals surface area contributed by atoms with Crippen molar-refractivity contribution in [1.29, 1.82) is 0 Å². The van der Waals surface area contributed by atoms with Crippen LogP contribution in [0.3, 0.4) is 0 Å². The van der Waals surface area contributed by atoms with E-state index in [2.05, 4.69) is 31.2 Å². The molecular formula is C15H20N2O. The monoisotopic (exact) mass is 244 g/mol. The van der Waals surface area contributed by atoms with E-state index >= 15 is 0 Å². The van der Waals surface area contributed by atoms with Crippen LogP contribution >= 0.6 is 0 Å². The van der Waals surface area contributed by atoms with Gasteiger partial charge in [0.2, 0.25) is 5.91 Å². The van der Waals surface area contributed by atoms with Crippen molar-refractivity contribution in [2.45, 2.75) is 50.7 Å². The summed E-state index contributed by atoms with van der Waals surface area (Å²) in [6.45, 7) is 2.15. The van der Waals surface area contributed by atoms with Crippen molar-refractivity contribution < 1.29 is 4.79 Å². The summed E-state index contributed by atoms with van der Waals surface area (Å²) in [4.78, 5) is 14.1. The molecule has 3 rings (SSSR count). The summed E-state index contributed by atoms with van der Waals surface area (Å²) in [7, 11) is 0. The van der Waals surface area contributed by atoms with Gasteiger partial charge in [0.1, 0.15) is 0 Å². The molecule has 0 radical (unpaired) electrons. The van der Waals surface area contributed by atoms with Crippen LogP contribution in [0.2, 0.25) is 0 Å². The molecule has 0 aromatic heterocycles. The smallest absolute Gasteiger partial charge is 0.225 e. The summed E-state index contributed by atoms with van der Waals surface area (Å²) in [6.07, 6.45) is 3.82. The fourth-order valence-corrected chi connectivity index (χ4v) is 2.92. The number of nitrogens with two attached hydrogens (primary N) is 1. The summed E-state index contributed by atoms with van der Waals surface area (Å²) in [5, 5.41) is 0. The maximum absolute atomic E-state index is 12.0. The van der Waals surface area contributed by atoms with Gasteiger partial charge in [-0.3, -0.25) is 4.79 Å². The van der Waals surface area contributed by atoms with Gasteiger partial charge in [0, 0.05) is 18.5 Å². The van der Waals surface area contributed by atoms with Crippen molar-refractivity contribution >= 4 is 5.91 Å². The van der Waals surface area contributed by atoms with Crippen molar-refractivity contribution in [1.82, 2.24) is 4.90 Å². The lowest BCUT2D eigenvalue weighted by molar-refractivity contribution is -0.129. The van der Waals surface area contributed by atoms with Crippen molar-refractivity contribution in [3.63, 3.8) is 0 Å². The molecule has 1 aromatic carbocycles. The second-order valence-corrected chi connectivity index (χ2v) is 5.44. The molecule has 1 heterocycles. The van der Waals surface area contributed by atoms with Gasteiger partial charge in [0.15, 0.2) is 0 Å². The molecule has 18 heavy (non-hydrogen) atoms. The van der Waals surface area contributed by atoms with Crippen LogP contribution in [-0.4, -0.2) is 22.9 Å². The molecule has 0 bridgehead atoms. The average Bonchev–Trinajstić information content (AvgIpc) is 3.15. The molecule has 1 aliphatic carbocycles. The zero-order valence-corrected chi connectivity index (χ0v) is 10.8. The van der Waals surface area contributed by atoms with Gasteiger partial charge in [0.05, 0.1) is 6.04 Å². The van der Waals surface area contributed by atoms with Crippen LogP contribution in [-0.2, 0) is 11.2 Å². The minimum Gasteiger partial charge on any atom is -0.331 e. The fraction of sp³-hybridized carbons (Fsp3) is 0.533. The summed E-state index contributed by atoms with van der Waals surface area (Å²) < 4.78 is 0. The number of nitrogens with zero attached hydrogens (tertiary/aromatic N) is 1. The lowest BCUT2D eigenvalue weighted by atomic mass is 9.99. The van der Waals surface area contributed by atoms with Crippen LogP contribution in [0.15, 0.2) is 24.3 Å². The first-order valence-corrected chi connectivity index (χ1v) is 6.86. The van der Waals surface area contributed by atoms with E-state index in [1.165, 1.54) is 11.1 Å². The number of carbonyl (C=O) groups excluding carboxylic acids is 1. The Morgan fingerprint density at radius 2 is 1.94 bits per heavy atom. The van der Waals surface area contributed by atoms with Crippen molar-refractivity contribution in [3.05, 3.63) is 35.4 Å². The summed E-state index contributed by atoms with van der Waals surface area (Å²) in [6, 6.07) is 9.06. The molecule has 0 spiro atoms. The maximum atomic E-state index is 12.0.